The summed E-state index contributed by atoms with van der Waals surface area (Å²) in [5, 5.41) is 9.63. The molecule has 0 spiro atoms. The average molecular weight is 314 g/mol. The Balaban J connectivity index is 2.80. The summed E-state index contributed by atoms with van der Waals surface area (Å²) in [6.45, 7) is 0.555. The van der Waals surface area contributed by atoms with Gasteiger partial charge in [-0.25, -0.2) is 16.8 Å². The van der Waals surface area contributed by atoms with Gasteiger partial charge < -0.3 is 10.0 Å². The highest BCUT2D eigenvalue weighted by Crippen LogP contribution is 2.22. The van der Waals surface area contributed by atoms with Crippen LogP contribution in [0.1, 0.15) is 6.42 Å². The number of sulfone groups is 1. The second-order valence-electron chi connectivity index (χ2n) is 5.32. The lowest BCUT2D eigenvalue weighted by molar-refractivity contribution is 0.188. The highest BCUT2D eigenvalue weighted by Gasteiger charge is 2.38. The van der Waals surface area contributed by atoms with E-state index in [4.69, 9.17) is 0 Å². The third-order valence-corrected chi connectivity index (χ3v) is 6.07. The van der Waals surface area contributed by atoms with Crippen LogP contribution in [0.15, 0.2) is 0 Å². The van der Waals surface area contributed by atoms with Crippen molar-refractivity contribution in [1.29, 1.82) is 0 Å². The zero-order valence-corrected chi connectivity index (χ0v) is 13.1. The van der Waals surface area contributed by atoms with Gasteiger partial charge in [0.1, 0.15) is 9.84 Å². The second-order valence-corrected chi connectivity index (χ2v) is 9.62. The molecule has 7 nitrogen and oxygen atoms in total. The highest BCUT2D eigenvalue weighted by molar-refractivity contribution is 7.93. The molecule has 0 aliphatic carbocycles. The van der Waals surface area contributed by atoms with E-state index in [1.807, 2.05) is 19.0 Å². The van der Waals surface area contributed by atoms with Gasteiger partial charge in [-0.05, 0) is 20.5 Å². The van der Waals surface area contributed by atoms with Crippen molar-refractivity contribution in [1.82, 2.24) is 9.21 Å². The van der Waals surface area contributed by atoms with Crippen LogP contribution in [0.4, 0.5) is 0 Å². The fourth-order valence-corrected chi connectivity index (χ4v) is 5.46. The summed E-state index contributed by atoms with van der Waals surface area (Å²) in [5.41, 5.74) is 0. The molecule has 1 fully saturated rings. The van der Waals surface area contributed by atoms with E-state index in [1.54, 1.807) is 0 Å². The summed E-state index contributed by atoms with van der Waals surface area (Å²) in [5.74, 6) is -0.820. The number of aliphatic hydroxyl groups excluding tert-OH is 1. The molecule has 9 heteroatoms. The largest absolute Gasteiger partial charge is 0.392 e. The molecule has 2 atom stereocenters. The summed E-state index contributed by atoms with van der Waals surface area (Å²) in [7, 11) is -3.32. The maximum Gasteiger partial charge on any atom is 0.215 e. The Kier molecular flexibility index (Phi) is 5.35. The quantitative estimate of drug-likeness (QED) is 0.632. The van der Waals surface area contributed by atoms with E-state index in [0.29, 0.717) is 13.0 Å². The van der Waals surface area contributed by atoms with Crippen molar-refractivity contribution in [3.63, 3.8) is 0 Å². The van der Waals surface area contributed by atoms with Crippen LogP contribution in [-0.2, 0) is 19.9 Å². The predicted molar refractivity (Wildman–Crippen MR) is 73.2 cm³/mol. The van der Waals surface area contributed by atoms with Crippen molar-refractivity contribution >= 4 is 19.9 Å². The van der Waals surface area contributed by atoms with Crippen molar-refractivity contribution in [2.45, 2.75) is 18.6 Å². The Morgan fingerprint density at radius 3 is 2.26 bits per heavy atom. The minimum Gasteiger partial charge on any atom is -0.392 e. The van der Waals surface area contributed by atoms with Crippen LogP contribution in [0.2, 0.25) is 0 Å². The van der Waals surface area contributed by atoms with Crippen LogP contribution >= 0.6 is 0 Å². The molecule has 0 saturated carbocycles. The van der Waals surface area contributed by atoms with Crippen LogP contribution in [0, 0.1) is 0 Å². The van der Waals surface area contributed by atoms with Gasteiger partial charge >= 0.3 is 0 Å². The molecule has 0 bridgehead atoms. The molecule has 1 N–H and O–H groups in total. The molecule has 114 valence electrons. The van der Waals surface area contributed by atoms with E-state index < -0.39 is 37.5 Å². The number of nitrogens with zero attached hydrogens (tertiary/aromatic N) is 2. The SMILES string of the molecule is CN(C)CC1CC(O)CN1S(=O)(=O)CCS(C)(=O)=O. The van der Waals surface area contributed by atoms with Crippen LogP contribution in [0.5, 0.6) is 0 Å². The van der Waals surface area contributed by atoms with Gasteiger partial charge in [0.25, 0.3) is 0 Å². The molecule has 1 rings (SSSR count). The Morgan fingerprint density at radius 2 is 1.79 bits per heavy atom. The Hall–Kier alpha value is -0.220. The number of β-amino-alcohol motifs (C(OH)–C–C–N with tert-alkyl or cyclic N) is 1. The lowest BCUT2D eigenvalue weighted by atomic mass is 10.2. The molecule has 19 heavy (non-hydrogen) atoms. The average Bonchev–Trinajstić information content (AvgIpc) is 2.55. The molecule has 0 aromatic heterocycles. The molecule has 0 amide bonds. The normalized spacial score (nSPS) is 26.2. The molecule has 0 aromatic carbocycles. The van der Waals surface area contributed by atoms with E-state index in [2.05, 4.69) is 0 Å². The fourth-order valence-electron chi connectivity index (χ4n) is 2.16. The third-order valence-electron chi connectivity index (χ3n) is 2.99. The molecule has 1 heterocycles. The minimum atomic E-state index is -3.65. The number of rotatable bonds is 6. The molecular weight excluding hydrogens is 292 g/mol. The first kappa shape index (κ1) is 16.8. The van der Waals surface area contributed by atoms with Crippen molar-refractivity contribution in [2.24, 2.45) is 0 Å². The maximum atomic E-state index is 12.1. The lowest BCUT2D eigenvalue weighted by Crippen LogP contribution is -2.43. The number of hydrogen-bond donors (Lipinski definition) is 1. The van der Waals surface area contributed by atoms with Crippen molar-refractivity contribution < 1.29 is 21.9 Å². The van der Waals surface area contributed by atoms with Gasteiger partial charge in [0, 0.05) is 25.4 Å². The van der Waals surface area contributed by atoms with Crippen molar-refractivity contribution in [3.8, 4) is 0 Å². The summed E-state index contributed by atoms with van der Waals surface area (Å²) in [6.07, 6.45) is 0.715. The Morgan fingerprint density at radius 1 is 1.21 bits per heavy atom. The number of aliphatic hydroxyl groups is 1. The Bertz CT molecular complexity index is 500. The molecular formula is C10H22N2O5S2. The summed E-state index contributed by atoms with van der Waals surface area (Å²) < 4.78 is 47.7. The molecule has 2 unspecified atom stereocenters. The molecule has 1 aliphatic rings. The summed E-state index contributed by atoms with van der Waals surface area (Å²) in [6, 6.07) is -0.297. The van der Waals surface area contributed by atoms with Gasteiger partial charge in [0.2, 0.25) is 10.0 Å². The molecule has 1 saturated heterocycles. The van der Waals surface area contributed by atoms with Crippen LogP contribution < -0.4 is 0 Å². The first-order valence-corrected chi connectivity index (χ1v) is 9.68. The maximum absolute atomic E-state index is 12.1. The lowest BCUT2D eigenvalue weighted by Gasteiger charge is -2.25. The first-order valence-electron chi connectivity index (χ1n) is 6.01. The second kappa shape index (κ2) is 6.04. The number of hydrogen-bond acceptors (Lipinski definition) is 6. The molecule has 1 aliphatic heterocycles. The van der Waals surface area contributed by atoms with Gasteiger partial charge in [-0.15, -0.1) is 0 Å². The Labute approximate surface area is 115 Å². The van der Waals surface area contributed by atoms with E-state index in [0.717, 1.165) is 6.26 Å². The molecule has 0 radical (unpaired) electrons. The smallest absolute Gasteiger partial charge is 0.215 e. The minimum absolute atomic E-state index is 0.0462. The molecule has 0 aromatic rings. The monoisotopic (exact) mass is 314 g/mol. The highest BCUT2D eigenvalue weighted by atomic mass is 32.2. The van der Waals surface area contributed by atoms with Gasteiger partial charge in [-0.2, -0.15) is 4.31 Å². The van der Waals surface area contributed by atoms with Crippen molar-refractivity contribution in [3.05, 3.63) is 0 Å². The van der Waals surface area contributed by atoms with Gasteiger partial charge in [-0.3, -0.25) is 0 Å². The predicted octanol–water partition coefficient (Wildman–Crippen LogP) is -1.64. The number of likely N-dealkylation sites (N-methyl/N-ethyl adjacent to an activating group) is 1. The van der Waals surface area contributed by atoms with E-state index in [1.165, 1.54) is 4.31 Å². The van der Waals surface area contributed by atoms with Gasteiger partial charge in [0.15, 0.2) is 0 Å². The van der Waals surface area contributed by atoms with Crippen LogP contribution in [-0.4, -0.2) is 88.2 Å². The summed E-state index contributed by atoms with van der Waals surface area (Å²) >= 11 is 0. The third kappa shape index (κ3) is 5.35. The van der Waals surface area contributed by atoms with Crippen LogP contribution in [0.3, 0.4) is 0 Å². The standard InChI is InChI=1S/C10H22N2O5S2/c1-11(2)7-9-6-10(13)8-12(9)19(16,17)5-4-18(3,14)15/h9-10,13H,4-8H2,1-3H3. The van der Waals surface area contributed by atoms with Crippen LogP contribution in [0.25, 0.3) is 0 Å². The first-order chi connectivity index (χ1) is 8.51. The van der Waals surface area contributed by atoms with E-state index in [-0.39, 0.29) is 12.6 Å². The zero-order valence-electron chi connectivity index (χ0n) is 11.5. The topological polar surface area (TPSA) is 95.0 Å². The van der Waals surface area contributed by atoms with E-state index >= 15 is 0 Å². The zero-order chi connectivity index (χ0) is 14.8. The van der Waals surface area contributed by atoms with E-state index in [9.17, 15) is 21.9 Å². The van der Waals surface area contributed by atoms with Gasteiger partial charge in [0.05, 0.1) is 17.6 Å². The fraction of sp³-hybridized carbons (Fsp3) is 1.00. The summed E-state index contributed by atoms with van der Waals surface area (Å²) in [4.78, 5) is 1.85. The number of sulfonamides is 1. The van der Waals surface area contributed by atoms with Gasteiger partial charge in [-0.1, -0.05) is 0 Å². The van der Waals surface area contributed by atoms with Crippen molar-refractivity contribution in [2.75, 3.05) is 44.9 Å².